The van der Waals surface area contributed by atoms with Crippen LogP contribution in [0.2, 0.25) is 0 Å². The van der Waals surface area contributed by atoms with E-state index in [1.807, 2.05) is 0 Å². The molecule has 0 amide bonds. The number of nitrogens with zero attached hydrogens (tertiary/aromatic N) is 2. The van der Waals surface area contributed by atoms with Crippen molar-refractivity contribution in [2.75, 3.05) is 0 Å². The van der Waals surface area contributed by atoms with Crippen molar-refractivity contribution < 1.29 is 13.2 Å². The zero-order valence-electron chi connectivity index (χ0n) is 7.83. The van der Waals surface area contributed by atoms with E-state index < -0.39 is 11.9 Å². The van der Waals surface area contributed by atoms with Crippen molar-refractivity contribution >= 4 is 29.7 Å². The van der Waals surface area contributed by atoms with Crippen LogP contribution in [-0.2, 0) is 12.1 Å². The molecule has 0 aliphatic carbocycles. The minimum absolute atomic E-state index is 0. The maximum atomic E-state index is 12.5. The number of aromatic nitrogens is 2. The minimum atomic E-state index is -4.39. The van der Waals surface area contributed by atoms with E-state index in [0.29, 0.717) is 5.69 Å². The smallest absolute Gasteiger partial charge is 0.295 e. The minimum Gasteiger partial charge on any atom is -0.295 e. The van der Waals surface area contributed by atoms with E-state index in [0.717, 1.165) is 10.5 Å². The third-order valence-corrected chi connectivity index (χ3v) is 2.24. The SMILES string of the molecule is Cl.FC(F)(F)c1cccc2nc(CCl)cn12. The maximum absolute atomic E-state index is 12.5. The van der Waals surface area contributed by atoms with Gasteiger partial charge >= 0.3 is 6.18 Å². The Labute approximate surface area is 100 Å². The zero-order chi connectivity index (χ0) is 11.1. The first-order chi connectivity index (χ1) is 7.02. The van der Waals surface area contributed by atoms with Crippen LogP contribution in [0.25, 0.3) is 5.65 Å². The highest BCUT2D eigenvalue weighted by atomic mass is 35.5. The van der Waals surface area contributed by atoms with E-state index in [1.165, 1.54) is 18.3 Å². The average Bonchev–Trinajstić information content (AvgIpc) is 2.57. The van der Waals surface area contributed by atoms with E-state index >= 15 is 0 Å². The Kier molecular flexibility index (Phi) is 3.70. The highest BCUT2D eigenvalue weighted by Gasteiger charge is 2.33. The van der Waals surface area contributed by atoms with Gasteiger partial charge in [0.2, 0.25) is 0 Å². The lowest BCUT2D eigenvalue weighted by Gasteiger charge is -2.08. The first kappa shape index (κ1) is 13.1. The van der Waals surface area contributed by atoms with Crippen molar-refractivity contribution in [1.29, 1.82) is 0 Å². The lowest BCUT2D eigenvalue weighted by molar-refractivity contribution is -0.142. The Morgan fingerprint density at radius 2 is 2.00 bits per heavy atom. The van der Waals surface area contributed by atoms with Gasteiger partial charge in [-0.15, -0.1) is 24.0 Å². The van der Waals surface area contributed by atoms with Crippen molar-refractivity contribution in [3.8, 4) is 0 Å². The molecule has 0 aliphatic rings. The van der Waals surface area contributed by atoms with Gasteiger partial charge in [0.1, 0.15) is 11.3 Å². The van der Waals surface area contributed by atoms with Crippen LogP contribution in [-0.4, -0.2) is 9.38 Å². The number of pyridine rings is 1. The molecule has 2 rings (SSSR count). The maximum Gasteiger partial charge on any atom is 0.431 e. The predicted molar refractivity (Wildman–Crippen MR) is 57.0 cm³/mol. The summed E-state index contributed by atoms with van der Waals surface area (Å²) in [7, 11) is 0. The molecule has 0 saturated carbocycles. The molecule has 88 valence electrons. The number of fused-ring (bicyclic) bond motifs is 1. The van der Waals surface area contributed by atoms with E-state index in [-0.39, 0.29) is 23.9 Å². The summed E-state index contributed by atoms with van der Waals surface area (Å²) in [6.07, 6.45) is -3.09. The Bertz CT molecular complexity index is 493. The van der Waals surface area contributed by atoms with Gasteiger partial charge in [-0.3, -0.25) is 4.40 Å². The normalized spacial score (nSPS) is 11.5. The van der Waals surface area contributed by atoms with Crippen molar-refractivity contribution in [2.24, 2.45) is 0 Å². The predicted octanol–water partition coefficient (Wildman–Crippen LogP) is 3.51. The fourth-order valence-corrected chi connectivity index (χ4v) is 1.49. The van der Waals surface area contributed by atoms with Gasteiger partial charge in [-0.2, -0.15) is 13.2 Å². The first-order valence-electron chi connectivity index (χ1n) is 4.12. The van der Waals surface area contributed by atoms with Gasteiger partial charge in [-0.05, 0) is 12.1 Å². The van der Waals surface area contributed by atoms with Gasteiger partial charge in [-0.25, -0.2) is 4.98 Å². The quantitative estimate of drug-likeness (QED) is 0.725. The molecule has 0 radical (unpaired) electrons. The molecule has 0 N–H and O–H groups in total. The lowest BCUT2D eigenvalue weighted by Crippen LogP contribution is -2.10. The molecule has 2 aromatic heterocycles. The highest BCUT2D eigenvalue weighted by molar-refractivity contribution is 6.16. The van der Waals surface area contributed by atoms with Crippen molar-refractivity contribution in [1.82, 2.24) is 9.38 Å². The molecular formula is C9H7Cl2F3N2. The summed E-state index contributed by atoms with van der Waals surface area (Å²) in [6, 6.07) is 3.83. The molecular weight excluding hydrogens is 264 g/mol. The van der Waals surface area contributed by atoms with Gasteiger partial charge in [0.15, 0.2) is 0 Å². The van der Waals surface area contributed by atoms with E-state index in [4.69, 9.17) is 11.6 Å². The second kappa shape index (κ2) is 4.51. The second-order valence-corrected chi connectivity index (χ2v) is 3.27. The molecule has 0 aliphatic heterocycles. The van der Waals surface area contributed by atoms with E-state index in [1.54, 1.807) is 0 Å². The fraction of sp³-hybridized carbons (Fsp3) is 0.222. The molecule has 16 heavy (non-hydrogen) atoms. The molecule has 0 fully saturated rings. The molecule has 2 nitrogen and oxygen atoms in total. The molecule has 0 spiro atoms. The summed E-state index contributed by atoms with van der Waals surface area (Å²) in [5, 5.41) is 0. The average molecular weight is 271 g/mol. The monoisotopic (exact) mass is 270 g/mol. The van der Waals surface area contributed by atoms with Gasteiger partial charge < -0.3 is 0 Å². The van der Waals surface area contributed by atoms with Crippen LogP contribution in [0.4, 0.5) is 13.2 Å². The third kappa shape index (κ3) is 2.25. The van der Waals surface area contributed by atoms with Crippen LogP contribution >= 0.6 is 24.0 Å². The topological polar surface area (TPSA) is 17.3 Å². The standard InChI is InChI=1S/C9H6ClF3N2.ClH/c10-4-6-5-15-7(9(11,12)13)2-1-3-8(15)14-6;/h1-3,5H,4H2;1H. The summed E-state index contributed by atoms with van der Waals surface area (Å²) < 4.78 is 38.6. The Balaban J connectivity index is 0.00000128. The first-order valence-corrected chi connectivity index (χ1v) is 4.66. The molecule has 0 aromatic carbocycles. The number of hydrogen-bond acceptors (Lipinski definition) is 1. The molecule has 2 aromatic rings. The number of alkyl halides is 4. The number of hydrogen-bond donors (Lipinski definition) is 0. The molecule has 0 saturated heterocycles. The summed E-state index contributed by atoms with van der Waals surface area (Å²) in [6.45, 7) is 0. The van der Waals surface area contributed by atoms with Crippen LogP contribution in [0.3, 0.4) is 0 Å². The fourth-order valence-electron chi connectivity index (χ4n) is 1.36. The second-order valence-electron chi connectivity index (χ2n) is 3.00. The summed E-state index contributed by atoms with van der Waals surface area (Å²) in [5.74, 6) is 0.0962. The number of rotatable bonds is 1. The van der Waals surface area contributed by atoms with Crippen LogP contribution in [0, 0.1) is 0 Å². The summed E-state index contributed by atoms with van der Waals surface area (Å²) in [5.41, 5.74) is -0.0716. The zero-order valence-corrected chi connectivity index (χ0v) is 9.40. The molecule has 0 bridgehead atoms. The lowest BCUT2D eigenvalue weighted by atomic mass is 10.3. The molecule has 0 unspecified atom stereocenters. The Morgan fingerprint density at radius 3 is 2.56 bits per heavy atom. The van der Waals surface area contributed by atoms with Crippen LogP contribution in [0.15, 0.2) is 24.4 Å². The Hall–Kier alpha value is -0.940. The van der Waals surface area contributed by atoms with Crippen LogP contribution in [0.5, 0.6) is 0 Å². The number of imidazole rings is 1. The largest absolute Gasteiger partial charge is 0.431 e. The highest BCUT2D eigenvalue weighted by Crippen LogP contribution is 2.29. The van der Waals surface area contributed by atoms with Crippen LogP contribution in [0.1, 0.15) is 11.4 Å². The van der Waals surface area contributed by atoms with E-state index in [9.17, 15) is 13.2 Å². The van der Waals surface area contributed by atoms with Crippen molar-refractivity contribution in [2.45, 2.75) is 12.1 Å². The summed E-state index contributed by atoms with van der Waals surface area (Å²) >= 11 is 5.51. The van der Waals surface area contributed by atoms with E-state index in [2.05, 4.69) is 4.98 Å². The Morgan fingerprint density at radius 1 is 1.31 bits per heavy atom. The molecule has 2 heterocycles. The van der Waals surface area contributed by atoms with Gasteiger partial charge in [0, 0.05) is 6.20 Å². The molecule has 7 heteroatoms. The number of halogens is 5. The van der Waals surface area contributed by atoms with Gasteiger partial charge in [0.05, 0.1) is 11.6 Å². The molecule has 0 atom stereocenters. The van der Waals surface area contributed by atoms with Crippen LogP contribution < -0.4 is 0 Å². The van der Waals surface area contributed by atoms with Gasteiger partial charge in [0.25, 0.3) is 0 Å². The van der Waals surface area contributed by atoms with Crippen molar-refractivity contribution in [3.63, 3.8) is 0 Å². The summed E-state index contributed by atoms with van der Waals surface area (Å²) in [4.78, 5) is 3.94. The van der Waals surface area contributed by atoms with Gasteiger partial charge in [-0.1, -0.05) is 6.07 Å². The third-order valence-electron chi connectivity index (χ3n) is 1.97. The van der Waals surface area contributed by atoms with Crippen molar-refractivity contribution in [3.05, 3.63) is 35.8 Å².